The minimum Gasteiger partial charge on any atom is -0.220 e. The molecule has 1 aromatic carbocycles. The van der Waals surface area contributed by atoms with Gasteiger partial charge in [-0.1, -0.05) is 16.8 Å². The second-order valence-corrected chi connectivity index (χ2v) is 4.39. The maximum atomic E-state index is 13.2. The first-order chi connectivity index (χ1) is 8.19. The second-order valence-electron chi connectivity index (χ2n) is 3.57. The van der Waals surface area contributed by atoms with E-state index in [1.54, 1.807) is 12.3 Å². The van der Waals surface area contributed by atoms with Crippen LogP contribution in [0, 0.1) is 5.82 Å². The van der Waals surface area contributed by atoms with E-state index < -0.39 is 5.82 Å². The Bertz CT molecular complexity index is 493. The molecule has 1 aromatic heterocycles. The van der Waals surface area contributed by atoms with E-state index in [1.165, 1.54) is 16.8 Å². The number of hydrogen-bond donors (Lipinski definition) is 0. The number of hydrogen-bond acceptors (Lipinski definition) is 2. The van der Waals surface area contributed by atoms with Crippen LogP contribution in [0.15, 0.2) is 24.4 Å². The van der Waals surface area contributed by atoms with Crippen LogP contribution in [0.5, 0.6) is 0 Å². The van der Waals surface area contributed by atoms with Crippen molar-refractivity contribution in [3.05, 3.63) is 40.9 Å². The molecule has 0 saturated heterocycles. The van der Waals surface area contributed by atoms with Gasteiger partial charge in [0.2, 0.25) is 0 Å². The van der Waals surface area contributed by atoms with Crippen LogP contribution in [0.3, 0.4) is 0 Å². The minimum atomic E-state index is -0.398. The topological polar surface area (TPSA) is 30.7 Å². The highest BCUT2D eigenvalue weighted by Gasteiger charge is 2.05. The van der Waals surface area contributed by atoms with Gasteiger partial charge in [-0.3, -0.25) is 0 Å². The lowest BCUT2D eigenvalue weighted by atomic mass is 10.3. The summed E-state index contributed by atoms with van der Waals surface area (Å²) in [4.78, 5) is 0. The summed E-state index contributed by atoms with van der Waals surface area (Å²) in [6.45, 7) is 0. The monoisotopic (exact) mass is 273 g/mol. The van der Waals surface area contributed by atoms with Crippen LogP contribution in [0.1, 0.15) is 12.1 Å². The molecule has 6 heteroatoms. The Labute approximate surface area is 108 Å². The Kier molecular flexibility index (Phi) is 3.97. The van der Waals surface area contributed by atoms with E-state index in [0.29, 0.717) is 16.6 Å². The maximum absolute atomic E-state index is 13.2. The van der Waals surface area contributed by atoms with Gasteiger partial charge in [-0.15, -0.1) is 16.7 Å². The number of alkyl halides is 1. The van der Waals surface area contributed by atoms with Crippen molar-refractivity contribution in [2.75, 3.05) is 5.88 Å². The normalized spacial score (nSPS) is 10.8. The van der Waals surface area contributed by atoms with E-state index in [4.69, 9.17) is 23.2 Å². The Morgan fingerprint density at radius 2 is 2.12 bits per heavy atom. The van der Waals surface area contributed by atoms with Gasteiger partial charge in [0.05, 0.1) is 17.6 Å². The predicted octanol–water partition coefficient (Wildman–Crippen LogP) is 3.23. The molecule has 0 aliphatic heterocycles. The van der Waals surface area contributed by atoms with Gasteiger partial charge in [0.1, 0.15) is 5.82 Å². The zero-order chi connectivity index (χ0) is 12.3. The molecule has 17 heavy (non-hydrogen) atoms. The van der Waals surface area contributed by atoms with Crippen molar-refractivity contribution in [2.45, 2.75) is 12.8 Å². The van der Waals surface area contributed by atoms with Gasteiger partial charge in [-0.2, -0.15) is 0 Å². The first-order valence-corrected chi connectivity index (χ1v) is 6.04. The summed E-state index contributed by atoms with van der Waals surface area (Å²) in [6, 6.07) is 4.23. The van der Waals surface area contributed by atoms with Crippen molar-refractivity contribution in [1.29, 1.82) is 0 Å². The molecule has 0 amide bonds. The fraction of sp³-hybridized carbons (Fsp3) is 0.273. The molecule has 0 aliphatic rings. The zero-order valence-electron chi connectivity index (χ0n) is 8.91. The summed E-state index contributed by atoms with van der Waals surface area (Å²) >= 11 is 11.4. The molecule has 0 aliphatic carbocycles. The molecule has 0 bridgehead atoms. The van der Waals surface area contributed by atoms with Crippen LogP contribution in [0.2, 0.25) is 5.02 Å². The van der Waals surface area contributed by atoms with Crippen molar-refractivity contribution in [3.8, 4) is 5.69 Å². The van der Waals surface area contributed by atoms with Crippen molar-refractivity contribution in [3.63, 3.8) is 0 Å². The molecule has 0 fully saturated rings. The Balaban J connectivity index is 2.24. The first-order valence-electron chi connectivity index (χ1n) is 5.12. The standard InChI is InChI=1S/C11H10Cl2FN3/c12-3-1-2-10-7-17(16-15-10)11-5-8(13)4-9(14)6-11/h4-7H,1-3H2. The molecule has 2 aromatic rings. The molecule has 0 saturated carbocycles. The third-order valence-electron chi connectivity index (χ3n) is 2.22. The Morgan fingerprint density at radius 1 is 1.29 bits per heavy atom. The van der Waals surface area contributed by atoms with Crippen LogP contribution < -0.4 is 0 Å². The highest BCUT2D eigenvalue weighted by atomic mass is 35.5. The number of rotatable bonds is 4. The Hall–Kier alpha value is -1.13. The summed E-state index contributed by atoms with van der Waals surface area (Å²) in [5.41, 5.74) is 1.38. The number of nitrogens with zero attached hydrogens (tertiary/aromatic N) is 3. The molecular formula is C11H10Cl2FN3. The van der Waals surface area contributed by atoms with Crippen LogP contribution >= 0.6 is 23.2 Å². The van der Waals surface area contributed by atoms with E-state index in [2.05, 4.69) is 10.3 Å². The summed E-state index contributed by atoms with van der Waals surface area (Å²) < 4.78 is 14.7. The van der Waals surface area contributed by atoms with Crippen LogP contribution in [-0.2, 0) is 6.42 Å². The average Bonchev–Trinajstić information content (AvgIpc) is 2.73. The SMILES string of the molecule is Fc1cc(Cl)cc(-n2cc(CCCCl)nn2)c1. The van der Waals surface area contributed by atoms with Gasteiger partial charge in [0.15, 0.2) is 0 Å². The van der Waals surface area contributed by atoms with E-state index >= 15 is 0 Å². The number of benzene rings is 1. The largest absolute Gasteiger partial charge is 0.220 e. The van der Waals surface area contributed by atoms with Crippen molar-refractivity contribution >= 4 is 23.2 Å². The molecule has 0 spiro atoms. The fourth-order valence-electron chi connectivity index (χ4n) is 1.46. The average molecular weight is 274 g/mol. The number of aryl methyl sites for hydroxylation is 1. The van der Waals surface area contributed by atoms with Crippen molar-refractivity contribution in [2.24, 2.45) is 0 Å². The van der Waals surface area contributed by atoms with Crippen molar-refractivity contribution in [1.82, 2.24) is 15.0 Å². The fourth-order valence-corrected chi connectivity index (χ4v) is 1.81. The minimum absolute atomic E-state index is 0.331. The summed E-state index contributed by atoms with van der Waals surface area (Å²) in [5, 5.41) is 8.23. The smallest absolute Gasteiger partial charge is 0.126 e. The highest BCUT2D eigenvalue weighted by Crippen LogP contribution is 2.17. The van der Waals surface area contributed by atoms with Gasteiger partial charge >= 0.3 is 0 Å². The second kappa shape index (κ2) is 5.47. The molecule has 3 nitrogen and oxygen atoms in total. The van der Waals surface area contributed by atoms with E-state index in [-0.39, 0.29) is 0 Å². The number of halogens is 3. The third-order valence-corrected chi connectivity index (χ3v) is 2.70. The van der Waals surface area contributed by atoms with Gasteiger partial charge < -0.3 is 0 Å². The predicted molar refractivity (Wildman–Crippen MR) is 65.4 cm³/mol. The molecule has 0 N–H and O–H groups in total. The van der Waals surface area contributed by atoms with E-state index in [0.717, 1.165) is 18.5 Å². The van der Waals surface area contributed by atoms with Crippen LogP contribution in [-0.4, -0.2) is 20.9 Å². The van der Waals surface area contributed by atoms with Gasteiger partial charge in [-0.25, -0.2) is 9.07 Å². The molecule has 0 radical (unpaired) electrons. The molecule has 1 heterocycles. The highest BCUT2D eigenvalue weighted by molar-refractivity contribution is 6.30. The summed E-state index contributed by atoms with van der Waals surface area (Å²) in [6.07, 6.45) is 3.34. The van der Waals surface area contributed by atoms with E-state index in [1.807, 2.05) is 0 Å². The molecular weight excluding hydrogens is 264 g/mol. The Morgan fingerprint density at radius 3 is 2.82 bits per heavy atom. The van der Waals surface area contributed by atoms with Crippen molar-refractivity contribution < 1.29 is 4.39 Å². The molecule has 0 unspecified atom stereocenters. The lowest BCUT2D eigenvalue weighted by molar-refractivity contribution is 0.625. The molecule has 90 valence electrons. The lowest BCUT2D eigenvalue weighted by Crippen LogP contribution is -1.95. The lowest BCUT2D eigenvalue weighted by Gasteiger charge is -2.00. The van der Waals surface area contributed by atoms with Gasteiger partial charge in [0, 0.05) is 10.9 Å². The number of aromatic nitrogens is 3. The summed E-state index contributed by atoms with van der Waals surface area (Å²) in [5.74, 6) is 0.184. The van der Waals surface area contributed by atoms with E-state index in [9.17, 15) is 4.39 Å². The van der Waals surface area contributed by atoms with Gasteiger partial charge in [-0.05, 0) is 31.0 Å². The summed E-state index contributed by atoms with van der Waals surface area (Å²) in [7, 11) is 0. The maximum Gasteiger partial charge on any atom is 0.126 e. The molecule has 2 rings (SSSR count). The van der Waals surface area contributed by atoms with Crippen LogP contribution in [0.25, 0.3) is 5.69 Å². The zero-order valence-corrected chi connectivity index (χ0v) is 10.4. The first kappa shape index (κ1) is 12.3. The quantitative estimate of drug-likeness (QED) is 0.801. The third kappa shape index (κ3) is 3.17. The van der Waals surface area contributed by atoms with Gasteiger partial charge in [0.25, 0.3) is 0 Å². The molecule has 0 atom stereocenters. The van der Waals surface area contributed by atoms with Crippen LogP contribution in [0.4, 0.5) is 4.39 Å².